The maximum absolute atomic E-state index is 13.4. The van der Waals surface area contributed by atoms with Gasteiger partial charge in [-0.3, -0.25) is 14.4 Å². The summed E-state index contributed by atoms with van der Waals surface area (Å²) in [5.41, 5.74) is 1.63. The van der Waals surface area contributed by atoms with Crippen LogP contribution >= 0.6 is 0 Å². The highest BCUT2D eigenvalue weighted by Crippen LogP contribution is 2.29. The number of carbonyl (C=O) groups excluding carboxylic acids is 2. The highest BCUT2D eigenvalue weighted by Gasteiger charge is 2.40. The fourth-order valence-electron chi connectivity index (χ4n) is 3.91. The fraction of sp³-hybridized carbons (Fsp3) is 0.391. The Hall–Kier alpha value is -3.46. The number of methoxy groups -OCH3 is 1. The van der Waals surface area contributed by atoms with Crippen LogP contribution < -0.4 is 10.9 Å². The van der Waals surface area contributed by atoms with Crippen molar-refractivity contribution in [3.63, 3.8) is 0 Å². The summed E-state index contributed by atoms with van der Waals surface area (Å²) < 4.78 is 7.88. The summed E-state index contributed by atoms with van der Waals surface area (Å²) in [5, 5.41) is 7.30. The van der Waals surface area contributed by atoms with Crippen LogP contribution in [0.1, 0.15) is 36.8 Å². The van der Waals surface area contributed by atoms with E-state index < -0.39 is 5.54 Å². The van der Waals surface area contributed by atoms with Crippen LogP contribution in [-0.4, -0.2) is 56.7 Å². The first-order valence-electron chi connectivity index (χ1n) is 10.5. The van der Waals surface area contributed by atoms with Crippen molar-refractivity contribution >= 4 is 17.5 Å². The molecule has 1 aliphatic heterocycles. The molecule has 168 valence electrons. The van der Waals surface area contributed by atoms with Crippen LogP contribution in [0.15, 0.2) is 41.2 Å². The van der Waals surface area contributed by atoms with Gasteiger partial charge in [-0.05, 0) is 20.8 Å². The van der Waals surface area contributed by atoms with Gasteiger partial charge in [-0.15, -0.1) is 0 Å². The first-order valence-corrected chi connectivity index (χ1v) is 10.5. The molecule has 9 nitrogen and oxygen atoms in total. The van der Waals surface area contributed by atoms with Gasteiger partial charge in [-0.2, -0.15) is 9.61 Å². The van der Waals surface area contributed by atoms with Gasteiger partial charge < -0.3 is 19.5 Å². The Labute approximate surface area is 185 Å². The number of aromatic nitrogens is 3. The zero-order valence-electron chi connectivity index (χ0n) is 18.7. The van der Waals surface area contributed by atoms with Crippen molar-refractivity contribution in [1.29, 1.82) is 0 Å². The number of rotatable bonds is 6. The van der Waals surface area contributed by atoms with Gasteiger partial charge in [-0.1, -0.05) is 30.3 Å². The largest absolute Gasteiger partial charge is 0.383 e. The molecule has 0 unspecified atom stereocenters. The molecular weight excluding hydrogens is 410 g/mol. The van der Waals surface area contributed by atoms with Gasteiger partial charge >= 0.3 is 0 Å². The molecule has 0 saturated heterocycles. The van der Waals surface area contributed by atoms with Gasteiger partial charge in [-0.25, -0.2) is 0 Å². The molecule has 9 heteroatoms. The predicted molar refractivity (Wildman–Crippen MR) is 119 cm³/mol. The molecule has 0 aliphatic carbocycles. The van der Waals surface area contributed by atoms with E-state index in [-0.39, 0.29) is 36.2 Å². The summed E-state index contributed by atoms with van der Waals surface area (Å²) in [4.78, 5) is 41.0. The second-order valence-electron chi connectivity index (χ2n) is 8.79. The number of hydrogen-bond acceptors (Lipinski definition) is 5. The number of benzene rings is 1. The van der Waals surface area contributed by atoms with Gasteiger partial charge in [0.2, 0.25) is 5.91 Å². The van der Waals surface area contributed by atoms with Gasteiger partial charge in [0.25, 0.3) is 11.5 Å². The number of nitrogens with one attached hydrogen (secondary N) is 1. The third-order valence-electron chi connectivity index (χ3n) is 5.55. The molecule has 0 spiro atoms. The Balaban J connectivity index is 1.88. The molecule has 4 rings (SSSR count). The monoisotopic (exact) mass is 437 g/mol. The van der Waals surface area contributed by atoms with E-state index in [1.807, 2.05) is 51.1 Å². The molecule has 2 amide bonds. The number of hydrogen-bond donors (Lipinski definition) is 1. The summed E-state index contributed by atoms with van der Waals surface area (Å²) in [6.07, 6.45) is 0. The molecule has 0 fully saturated rings. The zero-order chi connectivity index (χ0) is 23.0. The topological polar surface area (TPSA) is 97.9 Å². The van der Waals surface area contributed by atoms with E-state index in [4.69, 9.17) is 4.74 Å². The average molecular weight is 438 g/mol. The minimum Gasteiger partial charge on any atom is -0.383 e. The van der Waals surface area contributed by atoms with E-state index >= 15 is 0 Å². The predicted octanol–water partition coefficient (Wildman–Crippen LogP) is 1.68. The Bertz CT molecular complexity index is 1240. The lowest BCUT2D eigenvalue weighted by molar-refractivity contribution is -0.121. The van der Waals surface area contributed by atoms with Gasteiger partial charge in [0, 0.05) is 30.8 Å². The number of amides is 2. The van der Waals surface area contributed by atoms with Gasteiger partial charge in [0.05, 0.1) is 24.4 Å². The Morgan fingerprint density at radius 2 is 1.91 bits per heavy atom. The molecule has 1 N–H and O–H groups in total. The first-order chi connectivity index (χ1) is 15.2. The molecule has 3 aromatic rings. The molecule has 2 aromatic heterocycles. The number of carbonyl (C=O) groups is 2. The van der Waals surface area contributed by atoms with Crippen molar-refractivity contribution in [1.82, 2.24) is 24.4 Å². The SMILES string of the molecule is COCCNC(=O)Cn1c2c(c(=O)n3nc(-c4ccccc4)cc13)CN(C(C)(C)C)C2=O. The standard InChI is InChI=1S/C23H27N5O4/c1-23(2,3)27-13-16-20(22(27)31)26(14-18(29)24-10-11-32-4)19-12-17(25-28(19)21(16)30)15-8-6-5-7-9-15/h5-9,12H,10-11,13-14H2,1-4H3,(H,24,29). The number of ether oxygens (including phenoxy) is 1. The molecule has 0 bridgehead atoms. The number of nitrogens with zero attached hydrogens (tertiary/aromatic N) is 4. The van der Waals surface area contributed by atoms with Crippen molar-refractivity contribution in [3.8, 4) is 11.3 Å². The van der Waals surface area contributed by atoms with E-state index in [1.165, 1.54) is 4.52 Å². The average Bonchev–Trinajstić information content (AvgIpc) is 3.34. The van der Waals surface area contributed by atoms with Crippen LogP contribution in [0, 0.1) is 0 Å². The van der Waals surface area contributed by atoms with Gasteiger partial charge in [0.1, 0.15) is 17.9 Å². The van der Waals surface area contributed by atoms with Crippen molar-refractivity contribution in [2.24, 2.45) is 0 Å². The highest BCUT2D eigenvalue weighted by atomic mass is 16.5. The van der Waals surface area contributed by atoms with Crippen molar-refractivity contribution in [2.75, 3.05) is 20.3 Å². The summed E-state index contributed by atoms with van der Waals surface area (Å²) >= 11 is 0. The second-order valence-corrected chi connectivity index (χ2v) is 8.79. The molecule has 0 atom stereocenters. The van der Waals surface area contributed by atoms with Crippen LogP contribution in [0.2, 0.25) is 0 Å². The minimum absolute atomic E-state index is 0.112. The summed E-state index contributed by atoms with van der Waals surface area (Å²) in [6, 6.07) is 11.2. The third-order valence-corrected chi connectivity index (χ3v) is 5.55. The van der Waals surface area contributed by atoms with Crippen LogP contribution in [0.3, 0.4) is 0 Å². The molecule has 1 aliphatic rings. The number of fused-ring (bicyclic) bond motifs is 2. The Morgan fingerprint density at radius 1 is 1.19 bits per heavy atom. The maximum atomic E-state index is 13.4. The molecule has 0 radical (unpaired) electrons. The van der Waals surface area contributed by atoms with Crippen LogP contribution in [-0.2, 0) is 22.6 Å². The normalized spacial score (nSPS) is 13.6. The lowest BCUT2D eigenvalue weighted by atomic mass is 10.1. The maximum Gasteiger partial charge on any atom is 0.280 e. The van der Waals surface area contributed by atoms with Crippen LogP contribution in [0.5, 0.6) is 0 Å². The van der Waals surface area contributed by atoms with Crippen molar-refractivity contribution < 1.29 is 14.3 Å². The lowest BCUT2D eigenvalue weighted by Gasteiger charge is -2.31. The summed E-state index contributed by atoms with van der Waals surface area (Å²) in [6.45, 7) is 6.55. The zero-order valence-corrected chi connectivity index (χ0v) is 18.7. The van der Waals surface area contributed by atoms with Crippen LogP contribution in [0.25, 0.3) is 16.9 Å². The Kier molecular flexibility index (Phi) is 5.60. The van der Waals surface area contributed by atoms with E-state index in [1.54, 1.807) is 22.6 Å². The summed E-state index contributed by atoms with van der Waals surface area (Å²) in [7, 11) is 1.56. The second kappa shape index (κ2) is 8.23. The molecule has 0 saturated carbocycles. The molecular formula is C23H27N5O4. The molecule has 1 aromatic carbocycles. The first kappa shape index (κ1) is 21.8. The highest BCUT2D eigenvalue weighted by molar-refractivity contribution is 5.98. The molecule has 32 heavy (non-hydrogen) atoms. The van der Waals surface area contributed by atoms with E-state index in [0.717, 1.165) is 5.56 Å². The third kappa shape index (κ3) is 3.80. The van der Waals surface area contributed by atoms with Gasteiger partial charge in [0.15, 0.2) is 0 Å². The van der Waals surface area contributed by atoms with Crippen LogP contribution in [0.4, 0.5) is 0 Å². The fourth-order valence-corrected chi connectivity index (χ4v) is 3.91. The van der Waals surface area contributed by atoms with Crippen molar-refractivity contribution in [2.45, 2.75) is 39.4 Å². The van der Waals surface area contributed by atoms with E-state index in [0.29, 0.717) is 30.1 Å². The van der Waals surface area contributed by atoms with E-state index in [2.05, 4.69) is 10.4 Å². The summed E-state index contributed by atoms with van der Waals surface area (Å²) in [5.74, 6) is -0.543. The lowest BCUT2D eigenvalue weighted by Crippen LogP contribution is -2.42. The minimum atomic E-state index is -0.474. The van der Waals surface area contributed by atoms with Crippen molar-refractivity contribution in [3.05, 3.63) is 58.0 Å². The smallest absolute Gasteiger partial charge is 0.280 e. The quantitative estimate of drug-likeness (QED) is 0.592. The molecule has 3 heterocycles. The Morgan fingerprint density at radius 3 is 2.56 bits per heavy atom. The van der Waals surface area contributed by atoms with E-state index in [9.17, 15) is 14.4 Å².